The molecule has 0 N–H and O–H groups in total. The third-order valence-electron chi connectivity index (χ3n) is 3.77. The van der Waals surface area contributed by atoms with Gasteiger partial charge in [0.2, 0.25) is 0 Å². The lowest BCUT2D eigenvalue weighted by Gasteiger charge is -2.09. The van der Waals surface area contributed by atoms with Crippen LogP contribution in [0.25, 0.3) is 6.08 Å². The van der Waals surface area contributed by atoms with Gasteiger partial charge in [0.1, 0.15) is 11.5 Å². The van der Waals surface area contributed by atoms with Gasteiger partial charge in [0.15, 0.2) is 12.4 Å². The molecule has 0 fully saturated rings. The molecule has 0 aliphatic carbocycles. The summed E-state index contributed by atoms with van der Waals surface area (Å²) in [5.41, 5.74) is 1.13. The molecular weight excluding hydrogens is 376 g/mol. The van der Waals surface area contributed by atoms with E-state index in [1.165, 1.54) is 6.08 Å². The Hall–Kier alpha value is -3.37. The van der Waals surface area contributed by atoms with Gasteiger partial charge in [0.05, 0.1) is 5.56 Å². The summed E-state index contributed by atoms with van der Waals surface area (Å²) in [5, 5.41) is 0.624. The van der Waals surface area contributed by atoms with E-state index in [0.29, 0.717) is 16.3 Å². The fourth-order valence-electron chi connectivity index (χ4n) is 2.41. The molecule has 0 saturated carbocycles. The quantitative estimate of drug-likeness (QED) is 0.239. The van der Waals surface area contributed by atoms with Gasteiger partial charge < -0.3 is 9.47 Å². The van der Waals surface area contributed by atoms with Crippen LogP contribution in [-0.4, -0.2) is 18.4 Å². The number of allylic oxidation sites excluding steroid dienone is 1. The Balaban J connectivity index is 1.65. The molecule has 3 rings (SSSR count). The molecule has 3 aromatic rings. The molecule has 0 heterocycles. The Morgan fingerprint density at radius 2 is 1.54 bits per heavy atom. The highest BCUT2D eigenvalue weighted by Crippen LogP contribution is 2.20. The van der Waals surface area contributed by atoms with Crippen LogP contribution in [0.4, 0.5) is 0 Å². The summed E-state index contributed by atoms with van der Waals surface area (Å²) < 4.78 is 10.7. The van der Waals surface area contributed by atoms with Gasteiger partial charge in [-0.15, -0.1) is 0 Å². The number of rotatable bonds is 7. The highest BCUT2D eigenvalue weighted by Gasteiger charge is 2.13. The van der Waals surface area contributed by atoms with Crippen LogP contribution in [0.3, 0.4) is 0 Å². The van der Waals surface area contributed by atoms with Crippen molar-refractivity contribution >= 4 is 29.4 Å². The van der Waals surface area contributed by atoms with Crippen LogP contribution < -0.4 is 9.47 Å². The fourth-order valence-corrected chi connectivity index (χ4v) is 2.53. The molecule has 0 aliphatic rings. The smallest absolute Gasteiger partial charge is 0.349 e. The van der Waals surface area contributed by atoms with Crippen molar-refractivity contribution in [1.29, 1.82) is 0 Å². The van der Waals surface area contributed by atoms with Crippen LogP contribution in [0.15, 0.2) is 84.9 Å². The standard InChI is InChI=1S/C23H17ClO4/c24-18-13-10-17(11-14-18)12-15-21(25)20-8-4-5-9-22(20)28-23(26)16-27-19-6-2-1-3-7-19/h1-15H,16H2/b15-12+. The average Bonchev–Trinajstić information content (AvgIpc) is 2.73. The number of para-hydroxylation sites is 2. The third kappa shape index (κ3) is 5.56. The number of ketones is 1. The molecule has 0 radical (unpaired) electrons. The monoisotopic (exact) mass is 392 g/mol. The molecule has 0 atom stereocenters. The van der Waals surface area contributed by atoms with Gasteiger partial charge in [0.25, 0.3) is 0 Å². The minimum atomic E-state index is -0.592. The van der Waals surface area contributed by atoms with E-state index in [4.69, 9.17) is 21.1 Å². The van der Waals surface area contributed by atoms with E-state index in [-0.39, 0.29) is 18.1 Å². The van der Waals surface area contributed by atoms with Crippen molar-refractivity contribution < 1.29 is 19.1 Å². The van der Waals surface area contributed by atoms with Crippen LogP contribution >= 0.6 is 11.6 Å². The first kappa shape index (κ1) is 19.4. The van der Waals surface area contributed by atoms with Crippen LogP contribution in [0.5, 0.6) is 11.5 Å². The number of carbonyl (C=O) groups excluding carboxylic acids is 2. The molecule has 0 bridgehead atoms. The molecule has 3 aromatic carbocycles. The number of halogens is 1. The third-order valence-corrected chi connectivity index (χ3v) is 4.03. The summed E-state index contributed by atoms with van der Waals surface area (Å²) in [6.45, 7) is -0.257. The van der Waals surface area contributed by atoms with E-state index in [9.17, 15) is 9.59 Å². The molecule has 140 valence electrons. The zero-order valence-electron chi connectivity index (χ0n) is 14.9. The predicted octanol–water partition coefficient (Wildman–Crippen LogP) is 5.22. The van der Waals surface area contributed by atoms with E-state index in [1.54, 1.807) is 66.7 Å². The van der Waals surface area contributed by atoms with Gasteiger partial charge >= 0.3 is 5.97 Å². The van der Waals surface area contributed by atoms with Crippen LogP contribution in [0, 0.1) is 0 Å². The molecule has 0 aromatic heterocycles. The minimum absolute atomic E-state index is 0.190. The number of benzene rings is 3. The maximum absolute atomic E-state index is 12.5. The number of hydrogen-bond donors (Lipinski definition) is 0. The highest BCUT2D eigenvalue weighted by atomic mass is 35.5. The number of hydrogen-bond acceptors (Lipinski definition) is 4. The zero-order valence-corrected chi connectivity index (χ0v) is 15.6. The van der Waals surface area contributed by atoms with Crippen LogP contribution in [-0.2, 0) is 4.79 Å². The lowest BCUT2D eigenvalue weighted by Crippen LogP contribution is -2.18. The fraction of sp³-hybridized carbons (Fsp3) is 0.0435. The molecule has 0 aliphatic heterocycles. The summed E-state index contributed by atoms with van der Waals surface area (Å²) in [7, 11) is 0. The maximum Gasteiger partial charge on any atom is 0.349 e. The normalized spacial score (nSPS) is 10.6. The lowest BCUT2D eigenvalue weighted by molar-refractivity contribution is -0.136. The van der Waals surface area contributed by atoms with Gasteiger partial charge in [-0.05, 0) is 48.0 Å². The van der Waals surface area contributed by atoms with E-state index >= 15 is 0 Å². The van der Waals surface area contributed by atoms with Gasteiger partial charge in [-0.1, -0.05) is 60.1 Å². The summed E-state index contributed by atoms with van der Waals surface area (Å²) in [5.74, 6) is -0.113. The van der Waals surface area contributed by atoms with Crippen LogP contribution in [0.1, 0.15) is 15.9 Å². The first-order valence-electron chi connectivity index (χ1n) is 8.57. The molecule has 0 saturated heterocycles. The maximum atomic E-state index is 12.5. The number of esters is 1. The average molecular weight is 393 g/mol. The summed E-state index contributed by atoms with van der Waals surface area (Å²) in [4.78, 5) is 24.6. The predicted molar refractivity (Wildman–Crippen MR) is 109 cm³/mol. The molecular formula is C23H17ClO4. The lowest BCUT2D eigenvalue weighted by atomic mass is 10.1. The van der Waals surface area contributed by atoms with Gasteiger partial charge in [0, 0.05) is 5.02 Å². The Kier molecular flexibility index (Phi) is 6.60. The Morgan fingerprint density at radius 1 is 0.857 bits per heavy atom. The zero-order chi connectivity index (χ0) is 19.8. The van der Waals surface area contributed by atoms with Crippen molar-refractivity contribution in [2.75, 3.05) is 6.61 Å². The minimum Gasteiger partial charge on any atom is -0.482 e. The van der Waals surface area contributed by atoms with Crippen molar-refractivity contribution in [2.24, 2.45) is 0 Å². The number of ether oxygens (including phenoxy) is 2. The highest BCUT2D eigenvalue weighted by molar-refractivity contribution is 6.30. The molecule has 5 heteroatoms. The second-order valence-corrected chi connectivity index (χ2v) is 6.26. The molecule has 4 nitrogen and oxygen atoms in total. The molecule has 0 unspecified atom stereocenters. The number of carbonyl (C=O) groups is 2. The van der Waals surface area contributed by atoms with E-state index < -0.39 is 5.97 Å². The van der Waals surface area contributed by atoms with Crippen molar-refractivity contribution in [2.45, 2.75) is 0 Å². The first-order valence-corrected chi connectivity index (χ1v) is 8.95. The van der Waals surface area contributed by atoms with Gasteiger partial charge in [-0.3, -0.25) is 4.79 Å². The molecule has 0 spiro atoms. The first-order chi connectivity index (χ1) is 13.6. The summed E-state index contributed by atoms with van der Waals surface area (Å²) >= 11 is 5.85. The molecule has 28 heavy (non-hydrogen) atoms. The largest absolute Gasteiger partial charge is 0.482 e. The SMILES string of the molecule is O=C(COc1ccccc1)Oc1ccccc1C(=O)/C=C/c1ccc(Cl)cc1. The summed E-state index contributed by atoms with van der Waals surface area (Å²) in [6.07, 6.45) is 3.10. The van der Waals surface area contributed by atoms with Crippen molar-refractivity contribution in [1.82, 2.24) is 0 Å². The van der Waals surface area contributed by atoms with Crippen molar-refractivity contribution in [3.05, 3.63) is 101 Å². The topological polar surface area (TPSA) is 52.6 Å². The van der Waals surface area contributed by atoms with E-state index in [1.807, 2.05) is 18.2 Å². The second kappa shape index (κ2) is 9.53. The summed E-state index contributed by atoms with van der Waals surface area (Å²) in [6, 6.07) is 22.6. The second-order valence-electron chi connectivity index (χ2n) is 5.82. The van der Waals surface area contributed by atoms with Gasteiger partial charge in [-0.25, -0.2) is 4.79 Å². The Morgan fingerprint density at radius 3 is 2.29 bits per heavy atom. The van der Waals surface area contributed by atoms with E-state index in [2.05, 4.69) is 0 Å². The Labute approximate surface area is 168 Å². The van der Waals surface area contributed by atoms with Crippen molar-refractivity contribution in [3.63, 3.8) is 0 Å². The molecule has 0 amide bonds. The Bertz CT molecular complexity index is 979. The van der Waals surface area contributed by atoms with Crippen molar-refractivity contribution in [3.8, 4) is 11.5 Å². The van der Waals surface area contributed by atoms with E-state index in [0.717, 1.165) is 5.56 Å². The van der Waals surface area contributed by atoms with Crippen LogP contribution in [0.2, 0.25) is 5.02 Å². The van der Waals surface area contributed by atoms with Gasteiger partial charge in [-0.2, -0.15) is 0 Å².